The number of pyridine rings is 1. The highest BCUT2D eigenvalue weighted by atomic mass is 16.5. The number of nitrogens with zero attached hydrogens (tertiary/aromatic N) is 2. The van der Waals surface area contributed by atoms with E-state index in [9.17, 15) is 4.79 Å². The van der Waals surface area contributed by atoms with Gasteiger partial charge in [0.05, 0.1) is 18.3 Å². The van der Waals surface area contributed by atoms with E-state index in [4.69, 9.17) is 10.5 Å². The summed E-state index contributed by atoms with van der Waals surface area (Å²) in [6.07, 6.45) is 5.38. The van der Waals surface area contributed by atoms with Gasteiger partial charge in [-0.1, -0.05) is 6.92 Å². The molecule has 0 bridgehead atoms. The molecule has 5 nitrogen and oxygen atoms in total. The van der Waals surface area contributed by atoms with E-state index in [0.29, 0.717) is 12.0 Å². The first-order valence-corrected chi connectivity index (χ1v) is 9.22. The third-order valence-corrected chi connectivity index (χ3v) is 5.48. The van der Waals surface area contributed by atoms with E-state index in [1.165, 1.54) is 0 Å². The van der Waals surface area contributed by atoms with Crippen molar-refractivity contribution in [2.45, 2.75) is 45.2 Å². The molecule has 2 N–H and O–H groups in total. The number of piperidine rings is 1. The van der Waals surface area contributed by atoms with Gasteiger partial charge < -0.3 is 19.9 Å². The Morgan fingerprint density at radius 1 is 1.24 bits per heavy atom. The summed E-state index contributed by atoms with van der Waals surface area (Å²) >= 11 is 0. The van der Waals surface area contributed by atoms with Gasteiger partial charge in [0.2, 0.25) is 0 Å². The van der Waals surface area contributed by atoms with Gasteiger partial charge in [0, 0.05) is 42.3 Å². The Kier molecular flexibility index (Phi) is 3.99. The molecule has 1 aromatic carbocycles. The molecule has 1 aliphatic carbocycles. The lowest BCUT2D eigenvalue weighted by molar-refractivity contribution is 0.388. The summed E-state index contributed by atoms with van der Waals surface area (Å²) in [5.41, 5.74) is 9.13. The quantitative estimate of drug-likeness (QED) is 0.932. The van der Waals surface area contributed by atoms with Gasteiger partial charge in [-0.2, -0.15) is 0 Å². The van der Waals surface area contributed by atoms with Crippen molar-refractivity contribution in [2.75, 3.05) is 25.1 Å². The van der Waals surface area contributed by atoms with Crippen LogP contribution in [0, 0.1) is 12.8 Å². The minimum absolute atomic E-state index is 0.0977. The molecule has 2 heterocycles. The first-order chi connectivity index (χ1) is 12.0. The zero-order valence-corrected chi connectivity index (χ0v) is 15.3. The van der Waals surface area contributed by atoms with Gasteiger partial charge in [0.1, 0.15) is 0 Å². The first kappa shape index (κ1) is 16.5. The van der Waals surface area contributed by atoms with Crippen LogP contribution < -0.4 is 20.8 Å². The zero-order chi connectivity index (χ0) is 17.7. The lowest BCUT2D eigenvalue weighted by Gasteiger charge is -2.37. The molecule has 25 heavy (non-hydrogen) atoms. The van der Waals surface area contributed by atoms with Crippen LogP contribution in [0.5, 0.6) is 5.75 Å². The highest BCUT2D eigenvalue weighted by Gasteiger charge is 2.29. The second kappa shape index (κ2) is 6.06. The summed E-state index contributed by atoms with van der Waals surface area (Å²) < 4.78 is 8.11. The Balaban J connectivity index is 1.93. The van der Waals surface area contributed by atoms with Crippen molar-refractivity contribution >= 4 is 16.6 Å². The van der Waals surface area contributed by atoms with Gasteiger partial charge in [-0.15, -0.1) is 0 Å². The van der Waals surface area contributed by atoms with Gasteiger partial charge in [-0.3, -0.25) is 4.79 Å². The maximum atomic E-state index is 12.7. The van der Waals surface area contributed by atoms with Crippen LogP contribution in [0.25, 0.3) is 10.9 Å². The van der Waals surface area contributed by atoms with Crippen LogP contribution in [0.3, 0.4) is 0 Å². The highest BCUT2D eigenvalue weighted by molar-refractivity contribution is 5.91. The molecule has 134 valence electrons. The molecule has 0 amide bonds. The van der Waals surface area contributed by atoms with Crippen LogP contribution in [-0.2, 0) is 0 Å². The standard InChI is InChI=1S/C20H27N3O2/c1-12-8-14(21)11-22(9-12)17-7-6-16-18(20(17)25-3)23(15-4-5-15)10-13(2)19(16)24/h6-7,10,12,14-15H,4-5,8-9,11,21H2,1-3H3/t12-,14+/m1/s1. The minimum atomic E-state index is 0.0977. The topological polar surface area (TPSA) is 60.5 Å². The van der Waals surface area contributed by atoms with Crippen molar-refractivity contribution in [3.63, 3.8) is 0 Å². The van der Waals surface area contributed by atoms with Gasteiger partial charge in [-0.05, 0) is 44.2 Å². The Labute approximate surface area is 148 Å². The number of rotatable bonds is 3. The number of aryl methyl sites for hydroxylation is 1. The van der Waals surface area contributed by atoms with Crippen molar-refractivity contribution in [1.82, 2.24) is 4.57 Å². The number of hydrogen-bond acceptors (Lipinski definition) is 4. The molecule has 1 saturated carbocycles. The zero-order valence-electron chi connectivity index (χ0n) is 15.3. The smallest absolute Gasteiger partial charge is 0.192 e. The molecule has 2 aliphatic rings. The van der Waals surface area contributed by atoms with Crippen LogP contribution >= 0.6 is 0 Å². The van der Waals surface area contributed by atoms with E-state index in [2.05, 4.69) is 16.4 Å². The molecule has 2 aromatic rings. The Hall–Kier alpha value is -2.01. The van der Waals surface area contributed by atoms with E-state index in [1.807, 2.05) is 25.3 Å². The summed E-state index contributed by atoms with van der Waals surface area (Å²) in [7, 11) is 1.70. The number of benzene rings is 1. The van der Waals surface area contributed by atoms with Gasteiger partial charge in [0.25, 0.3) is 0 Å². The fourth-order valence-electron chi connectivity index (χ4n) is 4.23. The maximum absolute atomic E-state index is 12.7. The summed E-state index contributed by atoms with van der Waals surface area (Å²) in [4.78, 5) is 15.0. The van der Waals surface area contributed by atoms with Crippen LogP contribution in [0.1, 0.15) is 37.8 Å². The van der Waals surface area contributed by atoms with Gasteiger partial charge in [-0.25, -0.2) is 0 Å². The number of ether oxygens (including phenoxy) is 1. The third-order valence-electron chi connectivity index (χ3n) is 5.48. The van der Waals surface area contributed by atoms with Crippen molar-refractivity contribution in [3.8, 4) is 5.75 Å². The predicted molar refractivity (Wildman–Crippen MR) is 102 cm³/mol. The molecule has 5 heteroatoms. The van der Waals surface area contributed by atoms with E-state index in [0.717, 1.165) is 60.3 Å². The van der Waals surface area contributed by atoms with Crippen LogP contribution in [-0.4, -0.2) is 30.8 Å². The Morgan fingerprint density at radius 3 is 2.64 bits per heavy atom. The maximum Gasteiger partial charge on any atom is 0.192 e. The summed E-state index contributed by atoms with van der Waals surface area (Å²) in [6.45, 7) is 5.93. The molecule has 1 aromatic heterocycles. The van der Waals surface area contributed by atoms with Gasteiger partial charge >= 0.3 is 0 Å². The lowest BCUT2D eigenvalue weighted by Crippen LogP contribution is -2.46. The average Bonchev–Trinajstić information content (AvgIpc) is 3.41. The molecule has 2 atom stereocenters. The highest BCUT2D eigenvalue weighted by Crippen LogP contribution is 2.42. The van der Waals surface area contributed by atoms with Crippen molar-refractivity contribution < 1.29 is 4.74 Å². The van der Waals surface area contributed by atoms with Crippen molar-refractivity contribution in [2.24, 2.45) is 11.7 Å². The number of methoxy groups -OCH3 is 1. The summed E-state index contributed by atoms with van der Waals surface area (Å²) in [6, 6.07) is 4.65. The number of anilines is 1. The van der Waals surface area contributed by atoms with E-state index < -0.39 is 0 Å². The van der Waals surface area contributed by atoms with Crippen LogP contribution in [0.2, 0.25) is 0 Å². The van der Waals surface area contributed by atoms with E-state index in [-0.39, 0.29) is 11.5 Å². The van der Waals surface area contributed by atoms with E-state index >= 15 is 0 Å². The second-order valence-electron chi connectivity index (χ2n) is 7.80. The molecule has 0 spiro atoms. The van der Waals surface area contributed by atoms with Crippen molar-refractivity contribution in [1.29, 1.82) is 0 Å². The molecule has 0 radical (unpaired) electrons. The van der Waals surface area contributed by atoms with Crippen LogP contribution in [0.15, 0.2) is 23.1 Å². The molecule has 4 rings (SSSR count). The lowest BCUT2D eigenvalue weighted by atomic mass is 9.95. The average molecular weight is 341 g/mol. The van der Waals surface area contributed by atoms with Crippen LogP contribution in [0.4, 0.5) is 5.69 Å². The predicted octanol–water partition coefficient (Wildman–Crippen LogP) is 2.83. The SMILES string of the molecule is COc1c(N2C[C@H](C)C[C@H](N)C2)ccc2c(=O)c(C)cn(C3CC3)c12. The number of aromatic nitrogens is 1. The van der Waals surface area contributed by atoms with Crippen molar-refractivity contribution in [3.05, 3.63) is 34.1 Å². The summed E-state index contributed by atoms with van der Waals surface area (Å²) in [5.74, 6) is 1.36. The first-order valence-electron chi connectivity index (χ1n) is 9.22. The number of fused-ring (bicyclic) bond motifs is 1. The largest absolute Gasteiger partial charge is 0.492 e. The molecular formula is C20H27N3O2. The van der Waals surface area contributed by atoms with Gasteiger partial charge in [0.15, 0.2) is 11.2 Å². The Morgan fingerprint density at radius 2 is 2.00 bits per heavy atom. The molecule has 1 aliphatic heterocycles. The molecule has 0 unspecified atom stereocenters. The minimum Gasteiger partial charge on any atom is -0.492 e. The molecular weight excluding hydrogens is 314 g/mol. The Bertz CT molecular complexity index is 859. The number of nitrogens with two attached hydrogens (primary N) is 1. The normalized spacial score (nSPS) is 23.9. The monoisotopic (exact) mass is 341 g/mol. The molecule has 1 saturated heterocycles. The number of hydrogen-bond donors (Lipinski definition) is 1. The molecule has 2 fully saturated rings. The fraction of sp³-hybridized carbons (Fsp3) is 0.550. The summed E-state index contributed by atoms with van der Waals surface area (Å²) in [5, 5.41) is 0.752. The van der Waals surface area contributed by atoms with E-state index in [1.54, 1.807) is 7.11 Å². The second-order valence-corrected chi connectivity index (χ2v) is 7.80. The fourth-order valence-corrected chi connectivity index (χ4v) is 4.23. The third kappa shape index (κ3) is 2.80.